The van der Waals surface area contributed by atoms with Gasteiger partial charge in [-0.15, -0.1) is 0 Å². The molecule has 3 aliphatic rings. The van der Waals surface area contributed by atoms with Crippen LogP contribution in [0.5, 0.6) is 0 Å². The van der Waals surface area contributed by atoms with Crippen LogP contribution in [0, 0.1) is 5.92 Å². The Bertz CT molecular complexity index is 934. The number of rotatable bonds is 6. The zero-order valence-electron chi connectivity index (χ0n) is 19.5. The van der Waals surface area contributed by atoms with E-state index in [2.05, 4.69) is 27.2 Å². The lowest BCUT2D eigenvalue weighted by molar-refractivity contribution is -0.144. The number of pyridine rings is 1. The number of carboxylic acid groups (broad SMARTS) is 1. The maximum Gasteiger partial charge on any atom is 0.325 e. The molecular weight excluding hydrogens is 412 g/mol. The van der Waals surface area contributed by atoms with E-state index in [1.165, 1.54) is 30.5 Å². The van der Waals surface area contributed by atoms with E-state index >= 15 is 0 Å². The quantitative estimate of drug-likeness (QED) is 0.697. The third kappa shape index (κ3) is 5.22. The Hall–Kier alpha value is -2.44. The largest absolute Gasteiger partial charge is 0.480 e. The third-order valence-electron chi connectivity index (χ3n) is 7.83. The Morgan fingerprint density at radius 2 is 1.79 bits per heavy atom. The first-order valence-corrected chi connectivity index (χ1v) is 12.7. The fourth-order valence-corrected chi connectivity index (χ4v) is 5.95. The Balaban J connectivity index is 1.11. The van der Waals surface area contributed by atoms with Gasteiger partial charge in [0.2, 0.25) is 0 Å². The maximum atomic E-state index is 12.0. The summed E-state index contributed by atoms with van der Waals surface area (Å²) in [7, 11) is 0. The van der Waals surface area contributed by atoms with E-state index in [0.717, 1.165) is 69.8 Å². The van der Waals surface area contributed by atoms with Gasteiger partial charge >= 0.3 is 5.97 Å². The molecule has 0 radical (unpaired) electrons. The third-order valence-corrected chi connectivity index (χ3v) is 7.83. The molecule has 4 heterocycles. The van der Waals surface area contributed by atoms with Gasteiger partial charge in [0.25, 0.3) is 0 Å². The number of carbonyl (C=O) groups is 1. The van der Waals surface area contributed by atoms with Gasteiger partial charge in [-0.3, -0.25) is 9.69 Å². The molecule has 6 nitrogen and oxygen atoms in total. The Labute approximate surface area is 197 Å². The molecule has 1 atom stereocenters. The van der Waals surface area contributed by atoms with Crippen molar-refractivity contribution < 1.29 is 9.90 Å². The monoisotopic (exact) mass is 448 g/mol. The molecule has 0 amide bonds. The topological polar surface area (TPSA) is 68.7 Å². The van der Waals surface area contributed by atoms with E-state index in [9.17, 15) is 9.90 Å². The first kappa shape index (κ1) is 22.4. The van der Waals surface area contributed by atoms with Gasteiger partial charge in [0.1, 0.15) is 11.9 Å². The molecule has 5 rings (SSSR count). The van der Waals surface area contributed by atoms with Crippen molar-refractivity contribution in [2.45, 2.75) is 57.0 Å². The smallest absolute Gasteiger partial charge is 0.325 e. The average molecular weight is 449 g/mol. The summed E-state index contributed by atoms with van der Waals surface area (Å²) in [6, 6.07) is 14.2. The fourth-order valence-electron chi connectivity index (χ4n) is 5.95. The summed E-state index contributed by atoms with van der Waals surface area (Å²) < 4.78 is 0. The van der Waals surface area contributed by atoms with Crippen LogP contribution < -0.4 is 5.32 Å². The van der Waals surface area contributed by atoms with Gasteiger partial charge in [-0.05, 0) is 81.1 Å². The molecule has 0 unspecified atom stereocenters. The number of aromatic nitrogens is 1. The van der Waals surface area contributed by atoms with Crippen molar-refractivity contribution in [2.75, 3.05) is 38.0 Å². The second kappa shape index (κ2) is 10.2. The molecule has 176 valence electrons. The van der Waals surface area contributed by atoms with E-state index in [1.807, 2.05) is 30.3 Å². The van der Waals surface area contributed by atoms with E-state index < -0.39 is 12.0 Å². The summed E-state index contributed by atoms with van der Waals surface area (Å²) in [5, 5.41) is 13.3. The number of carboxylic acids is 1. The summed E-state index contributed by atoms with van der Waals surface area (Å²) >= 11 is 0. The number of nitrogens with zero attached hydrogens (tertiary/aromatic N) is 3. The first-order valence-electron chi connectivity index (χ1n) is 12.7. The number of nitrogens with one attached hydrogen (secondary N) is 1. The summed E-state index contributed by atoms with van der Waals surface area (Å²) in [5.41, 5.74) is 3.48. The van der Waals surface area contributed by atoms with Crippen molar-refractivity contribution in [1.29, 1.82) is 0 Å². The van der Waals surface area contributed by atoms with Crippen molar-refractivity contribution >= 4 is 11.8 Å². The normalized spacial score (nSPS) is 21.8. The number of hydrogen-bond acceptors (Lipinski definition) is 5. The highest BCUT2D eigenvalue weighted by molar-refractivity contribution is 5.75. The molecule has 2 N–H and O–H groups in total. The number of aryl methyl sites for hydroxylation is 1. The molecular formula is C27H36N4O2. The second-order valence-corrected chi connectivity index (χ2v) is 9.94. The van der Waals surface area contributed by atoms with Gasteiger partial charge in [0.15, 0.2) is 0 Å². The maximum absolute atomic E-state index is 12.0. The lowest BCUT2D eigenvalue weighted by Crippen LogP contribution is -2.49. The highest BCUT2D eigenvalue weighted by Crippen LogP contribution is 2.30. The summed E-state index contributed by atoms with van der Waals surface area (Å²) in [5.74, 6) is 1.08. The van der Waals surface area contributed by atoms with Gasteiger partial charge in [0.05, 0.1) is 0 Å². The van der Waals surface area contributed by atoms with E-state index in [1.54, 1.807) is 0 Å². The van der Waals surface area contributed by atoms with Crippen LogP contribution in [0.25, 0.3) is 0 Å². The first-order chi connectivity index (χ1) is 16.2. The minimum atomic E-state index is -0.744. The predicted molar refractivity (Wildman–Crippen MR) is 130 cm³/mol. The average Bonchev–Trinajstić information content (AvgIpc) is 2.86. The van der Waals surface area contributed by atoms with Crippen LogP contribution in [0.1, 0.15) is 55.0 Å². The molecule has 3 aliphatic heterocycles. The zero-order valence-corrected chi connectivity index (χ0v) is 19.5. The highest BCUT2D eigenvalue weighted by Gasteiger charge is 2.33. The Morgan fingerprint density at radius 1 is 1.03 bits per heavy atom. The van der Waals surface area contributed by atoms with Gasteiger partial charge in [-0.25, -0.2) is 4.98 Å². The number of benzene rings is 1. The fraction of sp³-hybridized carbons (Fsp3) is 0.556. The van der Waals surface area contributed by atoms with Crippen LogP contribution in [0.4, 0.5) is 5.82 Å². The molecule has 1 aromatic heterocycles. The highest BCUT2D eigenvalue weighted by atomic mass is 16.4. The number of piperidine rings is 2. The standard InChI is InChI=1S/C27H36N4O2/c32-27(33)25(21-5-2-1-3-6-21)31-17-12-24(13-18-31)30-15-10-20(11-16-30)19-23-9-8-22-7-4-14-28-26(22)29-23/h1-3,5-6,8-9,20,24-25H,4,7,10-19H2,(H,28,29)(H,32,33)/t25-/m1/s1. The predicted octanol–water partition coefficient (Wildman–Crippen LogP) is 3.98. The zero-order chi connectivity index (χ0) is 22.6. The number of likely N-dealkylation sites (tertiary alicyclic amines) is 2. The van der Waals surface area contributed by atoms with Crippen LogP contribution >= 0.6 is 0 Å². The number of fused-ring (bicyclic) bond motifs is 1. The molecule has 0 aliphatic carbocycles. The lowest BCUT2D eigenvalue weighted by Gasteiger charge is -2.43. The van der Waals surface area contributed by atoms with Crippen LogP contribution in [-0.2, 0) is 17.6 Å². The van der Waals surface area contributed by atoms with Gasteiger partial charge < -0.3 is 15.3 Å². The Morgan fingerprint density at radius 3 is 2.52 bits per heavy atom. The minimum absolute atomic E-state index is 0.531. The number of aliphatic carboxylic acids is 1. The summed E-state index contributed by atoms with van der Waals surface area (Å²) in [6.07, 6.45) is 8.00. The number of anilines is 1. The van der Waals surface area contributed by atoms with E-state index in [-0.39, 0.29) is 0 Å². The molecule has 2 saturated heterocycles. The second-order valence-electron chi connectivity index (χ2n) is 9.94. The summed E-state index contributed by atoms with van der Waals surface area (Å²) in [6.45, 7) is 5.04. The molecule has 1 aromatic carbocycles. The van der Waals surface area contributed by atoms with Crippen molar-refractivity contribution in [2.24, 2.45) is 5.92 Å². The van der Waals surface area contributed by atoms with Crippen LogP contribution in [-0.4, -0.2) is 64.6 Å². The molecule has 6 heteroatoms. The molecule has 0 bridgehead atoms. The molecule has 0 spiro atoms. The molecule has 0 saturated carbocycles. The van der Waals surface area contributed by atoms with Crippen molar-refractivity contribution in [3.05, 3.63) is 59.3 Å². The number of hydrogen-bond donors (Lipinski definition) is 2. The SMILES string of the molecule is O=C(O)[C@@H](c1ccccc1)N1CCC(N2CCC(Cc3ccc4c(n3)NCCC4)CC2)CC1. The van der Waals surface area contributed by atoms with Crippen molar-refractivity contribution in [1.82, 2.24) is 14.8 Å². The van der Waals surface area contributed by atoms with Crippen molar-refractivity contribution in [3.8, 4) is 0 Å². The molecule has 33 heavy (non-hydrogen) atoms. The Kier molecular flexibility index (Phi) is 6.93. The minimum Gasteiger partial charge on any atom is -0.480 e. The van der Waals surface area contributed by atoms with Gasteiger partial charge in [-0.1, -0.05) is 36.4 Å². The van der Waals surface area contributed by atoms with Crippen LogP contribution in [0.3, 0.4) is 0 Å². The van der Waals surface area contributed by atoms with Gasteiger partial charge in [-0.2, -0.15) is 0 Å². The van der Waals surface area contributed by atoms with E-state index in [4.69, 9.17) is 4.98 Å². The molecule has 2 aromatic rings. The van der Waals surface area contributed by atoms with E-state index in [0.29, 0.717) is 12.0 Å². The van der Waals surface area contributed by atoms with Crippen molar-refractivity contribution in [3.63, 3.8) is 0 Å². The summed E-state index contributed by atoms with van der Waals surface area (Å²) in [4.78, 5) is 21.7. The molecule has 2 fully saturated rings. The van der Waals surface area contributed by atoms with Crippen LogP contribution in [0.2, 0.25) is 0 Å². The van der Waals surface area contributed by atoms with Crippen LogP contribution in [0.15, 0.2) is 42.5 Å². The lowest BCUT2D eigenvalue weighted by atomic mass is 9.89. The van der Waals surface area contributed by atoms with Gasteiger partial charge in [0, 0.05) is 31.4 Å².